The monoisotopic (exact) mass is 298 g/mol. The first kappa shape index (κ1) is 16.8. The van der Waals surface area contributed by atoms with Crippen molar-refractivity contribution < 1.29 is 0 Å². The maximum absolute atomic E-state index is 4.82. The molecule has 1 aromatic heterocycles. The van der Waals surface area contributed by atoms with Crippen LogP contribution in [0.3, 0.4) is 0 Å². The Bertz CT molecular complexity index is 528. The molecule has 120 valence electrons. The molecule has 0 radical (unpaired) electrons. The van der Waals surface area contributed by atoms with Crippen LogP contribution in [0.1, 0.15) is 62.5 Å². The van der Waals surface area contributed by atoms with Crippen LogP contribution in [0.25, 0.3) is 0 Å². The topological polar surface area (TPSA) is 17.8 Å². The van der Waals surface area contributed by atoms with Crippen LogP contribution in [-0.4, -0.2) is 9.55 Å². The van der Waals surface area contributed by atoms with E-state index >= 15 is 0 Å². The van der Waals surface area contributed by atoms with Crippen molar-refractivity contribution in [3.8, 4) is 0 Å². The summed E-state index contributed by atoms with van der Waals surface area (Å²) in [5.74, 6) is 1.26. The first-order valence-electron chi connectivity index (χ1n) is 8.84. The van der Waals surface area contributed by atoms with Gasteiger partial charge in [-0.25, -0.2) is 4.98 Å². The summed E-state index contributed by atoms with van der Waals surface area (Å²) in [4.78, 5) is 4.82. The van der Waals surface area contributed by atoms with Gasteiger partial charge >= 0.3 is 0 Å². The van der Waals surface area contributed by atoms with E-state index in [0.29, 0.717) is 0 Å². The van der Waals surface area contributed by atoms with Crippen LogP contribution >= 0.6 is 0 Å². The van der Waals surface area contributed by atoms with Crippen molar-refractivity contribution in [2.24, 2.45) is 7.05 Å². The van der Waals surface area contributed by atoms with Gasteiger partial charge in [-0.1, -0.05) is 62.9 Å². The van der Waals surface area contributed by atoms with Gasteiger partial charge in [0, 0.05) is 19.7 Å². The van der Waals surface area contributed by atoms with Crippen LogP contribution in [0.15, 0.2) is 36.5 Å². The maximum Gasteiger partial charge on any atom is 0.108 e. The summed E-state index contributed by atoms with van der Waals surface area (Å²) >= 11 is 0. The molecule has 0 aliphatic heterocycles. The van der Waals surface area contributed by atoms with Crippen molar-refractivity contribution in [1.82, 2.24) is 9.55 Å². The average molecular weight is 298 g/mol. The number of imidazole rings is 1. The smallest absolute Gasteiger partial charge is 0.108 e. The Morgan fingerprint density at radius 2 is 1.64 bits per heavy atom. The largest absolute Gasteiger partial charge is 0.338 e. The van der Waals surface area contributed by atoms with Crippen LogP contribution in [0.4, 0.5) is 0 Å². The number of aromatic nitrogens is 2. The quantitative estimate of drug-likeness (QED) is 0.557. The molecular formula is C20H30N2. The van der Waals surface area contributed by atoms with Crippen molar-refractivity contribution in [2.75, 3.05) is 0 Å². The van der Waals surface area contributed by atoms with E-state index < -0.39 is 0 Å². The summed E-state index contributed by atoms with van der Waals surface area (Å²) < 4.78 is 2.22. The lowest BCUT2D eigenvalue weighted by Gasteiger charge is -2.01. The zero-order valence-electron chi connectivity index (χ0n) is 14.2. The minimum Gasteiger partial charge on any atom is -0.338 e. The fourth-order valence-electron chi connectivity index (χ4n) is 2.93. The van der Waals surface area contributed by atoms with E-state index in [1.807, 2.05) is 0 Å². The maximum atomic E-state index is 4.82. The Kier molecular flexibility index (Phi) is 7.21. The zero-order chi connectivity index (χ0) is 15.6. The number of benzene rings is 1. The number of aryl methyl sites for hydroxylation is 4. The molecule has 0 atom stereocenters. The Labute approximate surface area is 135 Å². The molecule has 0 saturated heterocycles. The Morgan fingerprint density at radius 3 is 2.41 bits per heavy atom. The van der Waals surface area contributed by atoms with Crippen molar-refractivity contribution in [1.29, 1.82) is 0 Å². The van der Waals surface area contributed by atoms with E-state index in [1.165, 1.54) is 55.6 Å². The number of unbranched alkanes of at least 4 members (excludes halogenated alkanes) is 4. The van der Waals surface area contributed by atoms with Crippen molar-refractivity contribution in [3.63, 3.8) is 0 Å². The van der Waals surface area contributed by atoms with E-state index in [4.69, 9.17) is 4.98 Å². The van der Waals surface area contributed by atoms with Crippen LogP contribution in [-0.2, 0) is 26.3 Å². The third-order valence-electron chi connectivity index (χ3n) is 4.27. The van der Waals surface area contributed by atoms with Gasteiger partial charge in [-0.2, -0.15) is 0 Å². The SMILES string of the molecule is CCCCCCCc1nc(CCCc2ccccc2)cn1C. The minimum atomic E-state index is 1.08. The second-order valence-electron chi connectivity index (χ2n) is 6.26. The highest BCUT2D eigenvalue weighted by atomic mass is 15.0. The molecule has 0 saturated carbocycles. The normalized spacial score (nSPS) is 11.0. The molecule has 0 aliphatic rings. The number of nitrogens with zero attached hydrogens (tertiary/aromatic N) is 2. The highest BCUT2D eigenvalue weighted by molar-refractivity contribution is 5.15. The van der Waals surface area contributed by atoms with Gasteiger partial charge in [0.05, 0.1) is 5.69 Å². The first-order chi connectivity index (χ1) is 10.8. The molecule has 1 aromatic carbocycles. The lowest BCUT2D eigenvalue weighted by atomic mass is 10.1. The van der Waals surface area contributed by atoms with Crippen molar-refractivity contribution in [3.05, 3.63) is 53.6 Å². The number of rotatable bonds is 10. The standard InChI is InChI=1S/C20H30N2/c1-3-4-5-6-10-16-20-21-19(17-22(20)2)15-11-14-18-12-8-7-9-13-18/h7-9,12-13,17H,3-6,10-11,14-16H2,1-2H3. The van der Waals surface area contributed by atoms with Crippen molar-refractivity contribution >= 4 is 0 Å². The third-order valence-corrected chi connectivity index (χ3v) is 4.27. The zero-order valence-corrected chi connectivity index (χ0v) is 14.2. The third kappa shape index (κ3) is 5.67. The Balaban J connectivity index is 1.72. The predicted molar refractivity (Wildman–Crippen MR) is 94.1 cm³/mol. The fraction of sp³-hybridized carbons (Fsp3) is 0.550. The van der Waals surface area contributed by atoms with E-state index in [9.17, 15) is 0 Å². The lowest BCUT2D eigenvalue weighted by Crippen LogP contribution is -1.97. The Morgan fingerprint density at radius 1 is 0.864 bits per heavy atom. The predicted octanol–water partition coefficient (Wildman–Crippen LogP) is 5.11. The van der Waals surface area contributed by atoms with Gasteiger partial charge in [0.2, 0.25) is 0 Å². The molecule has 0 spiro atoms. The summed E-state index contributed by atoms with van der Waals surface area (Å²) in [6.07, 6.45) is 13.4. The molecule has 0 unspecified atom stereocenters. The molecule has 0 N–H and O–H groups in total. The summed E-state index contributed by atoms with van der Waals surface area (Å²) in [6, 6.07) is 10.7. The van der Waals surface area contributed by atoms with Gasteiger partial charge < -0.3 is 4.57 Å². The highest BCUT2D eigenvalue weighted by Gasteiger charge is 2.05. The summed E-state index contributed by atoms with van der Waals surface area (Å²) in [7, 11) is 2.13. The molecule has 2 heteroatoms. The summed E-state index contributed by atoms with van der Waals surface area (Å²) in [5.41, 5.74) is 2.68. The number of hydrogen-bond acceptors (Lipinski definition) is 1. The molecule has 1 heterocycles. The highest BCUT2D eigenvalue weighted by Crippen LogP contribution is 2.11. The molecule has 0 aliphatic carbocycles. The van der Waals surface area contributed by atoms with Gasteiger partial charge in [-0.3, -0.25) is 0 Å². The van der Waals surface area contributed by atoms with E-state index in [2.05, 4.69) is 55.1 Å². The van der Waals surface area contributed by atoms with Gasteiger partial charge in [-0.15, -0.1) is 0 Å². The molecule has 2 aromatic rings. The molecule has 2 rings (SSSR count). The molecule has 2 nitrogen and oxygen atoms in total. The fourth-order valence-corrected chi connectivity index (χ4v) is 2.93. The van der Waals surface area contributed by atoms with Gasteiger partial charge in [0.15, 0.2) is 0 Å². The minimum absolute atomic E-state index is 1.08. The van der Waals surface area contributed by atoms with Crippen molar-refractivity contribution in [2.45, 2.75) is 64.7 Å². The van der Waals surface area contributed by atoms with Gasteiger partial charge in [0.25, 0.3) is 0 Å². The molecule has 0 bridgehead atoms. The summed E-state index contributed by atoms with van der Waals surface area (Å²) in [6.45, 7) is 2.26. The molecule has 22 heavy (non-hydrogen) atoms. The number of hydrogen-bond donors (Lipinski definition) is 0. The average Bonchev–Trinajstić information content (AvgIpc) is 2.88. The van der Waals surface area contributed by atoms with Crippen LogP contribution in [0.5, 0.6) is 0 Å². The molecule has 0 amide bonds. The van der Waals surface area contributed by atoms with E-state index in [-0.39, 0.29) is 0 Å². The van der Waals surface area contributed by atoms with Gasteiger partial charge in [0.1, 0.15) is 5.82 Å². The van der Waals surface area contributed by atoms with Gasteiger partial charge in [-0.05, 0) is 31.2 Å². The van der Waals surface area contributed by atoms with Crippen LogP contribution in [0, 0.1) is 0 Å². The lowest BCUT2D eigenvalue weighted by molar-refractivity contribution is 0.614. The summed E-state index contributed by atoms with van der Waals surface area (Å²) in [5, 5.41) is 0. The Hall–Kier alpha value is -1.57. The van der Waals surface area contributed by atoms with Crippen LogP contribution in [0.2, 0.25) is 0 Å². The molecule has 0 fully saturated rings. The first-order valence-corrected chi connectivity index (χ1v) is 8.84. The van der Waals surface area contributed by atoms with E-state index in [1.54, 1.807) is 0 Å². The van der Waals surface area contributed by atoms with E-state index in [0.717, 1.165) is 19.3 Å². The molecular weight excluding hydrogens is 268 g/mol. The van der Waals surface area contributed by atoms with Crippen LogP contribution < -0.4 is 0 Å². The second kappa shape index (κ2) is 9.45. The second-order valence-corrected chi connectivity index (χ2v) is 6.26.